The van der Waals surface area contributed by atoms with E-state index in [-0.39, 0.29) is 0 Å². The number of hydrogen-bond acceptors (Lipinski definition) is 3. The fourth-order valence-corrected chi connectivity index (χ4v) is 1.96. The van der Waals surface area contributed by atoms with Crippen molar-refractivity contribution in [3.8, 4) is 0 Å². The second-order valence-electron chi connectivity index (χ2n) is 4.26. The van der Waals surface area contributed by atoms with E-state index in [0.29, 0.717) is 12.1 Å². The topological polar surface area (TPSA) is 28.4 Å². The van der Waals surface area contributed by atoms with Gasteiger partial charge in [-0.3, -0.25) is 4.90 Å². The molecule has 1 heterocycles. The molecule has 0 bridgehead atoms. The molecule has 0 aliphatic carbocycles. The fourth-order valence-electron chi connectivity index (χ4n) is 1.96. The molecule has 0 saturated carbocycles. The van der Waals surface area contributed by atoms with Crippen LogP contribution in [0.1, 0.15) is 39.3 Å². The number of likely N-dealkylation sites (N-methyl/N-ethyl adjacent to an activating group) is 1. The van der Waals surface area contributed by atoms with Crippen LogP contribution >= 0.6 is 0 Å². The lowest BCUT2D eigenvalue weighted by atomic mass is 10.1. The third kappa shape index (κ3) is 3.65. The molecule has 16 heavy (non-hydrogen) atoms. The summed E-state index contributed by atoms with van der Waals surface area (Å²) in [6.45, 7) is 12.1. The molecule has 92 valence electrons. The van der Waals surface area contributed by atoms with Crippen molar-refractivity contribution < 1.29 is 4.42 Å². The smallest absolute Gasteiger partial charge is 0.0950 e. The molecule has 0 amide bonds. The van der Waals surface area contributed by atoms with Gasteiger partial charge in [-0.15, -0.1) is 0 Å². The summed E-state index contributed by atoms with van der Waals surface area (Å²) < 4.78 is 5.08. The van der Waals surface area contributed by atoms with Crippen molar-refractivity contribution in [3.05, 3.63) is 24.2 Å². The van der Waals surface area contributed by atoms with Crippen LogP contribution in [0.5, 0.6) is 0 Å². The summed E-state index contributed by atoms with van der Waals surface area (Å²) in [6, 6.07) is 2.95. The normalized spacial score (nSPS) is 15.3. The van der Waals surface area contributed by atoms with E-state index in [1.807, 2.05) is 6.07 Å². The SMILES string of the molecule is CCN(CC)C(C)CNC(C)c1ccoc1. The Bertz CT molecular complexity index is 267. The van der Waals surface area contributed by atoms with Crippen LogP contribution in [0.4, 0.5) is 0 Å². The first kappa shape index (κ1) is 13.3. The summed E-state index contributed by atoms with van der Waals surface area (Å²) in [4.78, 5) is 2.45. The molecule has 3 heteroatoms. The standard InChI is InChI=1S/C13H24N2O/c1-5-15(6-2)11(3)9-14-12(4)13-7-8-16-10-13/h7-8,10-12,14H,5-6,9H2,1-4H3. The highest BCUT2D eigenvalue weighted by Crippen LogP contribution is 2.12. The first-order valence-electron chi connectivity index (χ1n) is 6.18. The van der Waals surface area contributed by atoms with E-state index in [0.717, 1.165) is 19.6 Å². The van der Waals surface area contributed by atoms with Crippen LogP contribution in [-0.2, 0) is 0 Å². The highest BCUT2D eigenvalue weighted by atomic mass is 16.3. The monoisotopic (exact) mass is 224 g/mol. The van der Waals surface area contributed by atoms with Crippen LogP contribution in [0.15, 0.2) is 23.0 Å². The van der Waals surface area contributed by atoms with Gasteiger partial charge in [-0.25, -0.2) is 0 Å². The molecule has 0 fully saturated rings. The Labute approximate surface area is 98.8 Å². The second kappa shape index (κ2) is 6.71. The van der Waals surface area contributed by atoms with Gasteiger partial charge in [-0.1, -0.05) is 13.8 Å². The zero-order valence-electron chi connectivity index (χ0n) is 10.9. The van der Waals surface area contributed by atoms with Gasteiger partial charge in [-0.05, 0) is 33.0 Å². The zero-order valence-corrected chi connectivity index (χ0v) is 10.9. The molecule has 1 rings (SSSR count). The van der Waals surface area contributed by atoms with Crippen LogP contribution in [0.2, 0.25) is 0 Å². The third-order valence-electron chi connectivity index (χ3n) is 3.20. The molecule has 1 N–H and O–H groups in total. The van der Waals surface area contributed by atoms with E-state index in [2.05, 4.69) is 37.9 Å². The molecule has 0 saturated heterocycles. The number of hydrogen-bond donors (Lipinski definition) is 1. The molecule has 0 aromatic carbocycles. The summed E-state index contributed by atoms with van der Waals surface area (Å²) in [5, 5.41) is 3.53. The average molecular weight is 224 g/mol. The zero-order chi connectivity index (χ0) is 12.0. The maximum Gasteiger partial charge on any atom is 0.0950 e. The van der Waals surface area contributed by atoms with E-state index in [1.54, 1.807) is 12.5 Å². The maximum atomic E-state index is 5.08. The van der Waals surface area contributed by atoms with E-state index < -0.39 is 0 Å². The summed E-state index contributed by atoms with van der Waals surface area (Å²) in [7, 11) is 0. The maximum absolute atomic E-state index is 5.08. The first-order valence-corrected chi connectivity index (χ1v) is 6.18. The Morgan fingerprint density at radius 3 is 2.50 bits per heavy atom. The van der Waals surface area contributed by atoms with E-state index in [1.165, 1.54) is 5.56 Å². The minimum atomic E-state index is 0.358. The summed E-state index contributed by atoms with van der Waals surface area (Å²) >= 11 is 0. The molecule has 3 nitrogen and oxygen atoms in total. The van der Waals surface area contributed by atoms with E-state index in [9.17, 15) is 0 Å². The number of nitrogens with one attached hydrogen (secondary N) is 1. The van der Waals surface area contributed by atoms with Crippen molar-refractivity contribution in [3.63, 3.8) is 0 Å². The highest BCUT2D eigenvalue weighted by Gasteiger charge is 2.12. The molecule has 1 aromatic rings. The Hall–Kier alpha value is -0.800. The Balaban J connectivity index is 2.34. The Kier molecular flexibility index (Phi) is 5.56. The summed E-state index contributed by atoms with van der Waals surface area (Å²) in [5.41, 5.74) is 1.21. The van der Waals surface area contributed by atoms with Crippen molar-refractivity contribution in [2.24, 2.45) is 0 Å². The quantitative estimate of drug-likeness (QED) is 0.772. The molecule has 2 atom stereocenters. The van der Waals surface area contributed by atoms with Crippen LogP contribution in [0, 0.1) is 0 Å². The second-order valence-corrected chi connectivity index (χ2v) is 4.26. The predicted octanol–water partition coefficient (Wildman–Crippen LogP) is 2.66. The van der Waals surface area contributed by atoms with Crippen molar-refractivity contribution in [2.45, 2.75) is 39.8 Å². The third-order valence-corrected chi connectivity index (χ3v) is 3.20. The van der Waals surface area contributed by atoms with Crippen LogP contribution < -0.4 is 5.32 Å². The van der Waals surface area contributed by atoms with Gasteiger partial charge in [0.05, 0.1) is 12.5 Å². The van der Waals surface area contributed by atoms with Gasteiger partial charge >= 0.3 is 0 Å². The minimum absolute atomic E-state index is 0.358. The van der Waals surface area contributed by atoms with E-state index in [4.69, 9.17) is 4.42 Å². The lowest BCUT2D eigenvalue weighted by Crippen LogP contribution is -2.40. The lowest BCUT2D eigenvalue weighted by Gasteiger charge is -2.27. The molecule has 1 aromatic heterocycles. The largest absolute Gasteiger partial charge is 0.472 e. The van der Waals surface area contributed by atoms with Gasteiger partial charge in [-0.2, -0.15) is 0 Å². The van der Waals surface area contributed by atoms with Gasteiger partial charge in [0.25, 0.3) is 0 Å². The molecule has 0 spiro atoms. The summed E-state index contributed by atoms with van der Waals surface area (Å²) in [5.74, 6) is 0. The molecule has 0 aliphatic heterocycles. The number of nitrogens with zero attached hydrogens (tertiary/aromatic N) is 1. The number of furan rings is 1. The van der Waals surface area contributed by atoms with Crippen molar-refractivity contribution in [1.29, 1.82) is 0 Å². The molecule has 2 unspecified atom stereocenters. The molecule has 0 radical (unpaired) electrons. The van der Waals surface area contributed by atoms with Gasteiger partial charge < -0.3 is 9.73 Å². The Morgan fingerprint density at radius 1 is 1.31 bits per heavy atom. The summed E-state index contributed by atoms with van der Waals surface area (Å²) in [6.07, 6.45) is 3.53. The lowest BCUT2D eigenvalue weighted by molar-refractivity contribution is 0.222. The van der Waals surface area contributed by atoms with E-state index >= 15 is 0 Å². The van der Waals surface area contributed by atoms with Gasteiger partial charge in [0.1, 0.15) is 0 Å². The highest BCUT2D eigenvalue weighted by molar-refractivity contribution is 5.10. The predicted molar refractivity (Wildman–Crippen MR) is 67.5 cm³/mol. The first-order chi connectivity index (χ1) is 7.69. The minimum Gasteiger partial charge on any atom is -0.472 e. The molecule has 0 aliphatic rings. The van der Waals surface area contributed by atoms with Gasteiger partial charge in [0.2, 0.25) is 0 Å². The van der Waals surface area contributed by atoms with Crippen LogP contribution in [0.3, 0.4) is 0 Å². The molecular formula is C13H24N2O. The van der Waals surface area contributed by atoms with Crippen molar-refractivity contribution in [1.82, 2.24) is 10.2 Å². The Morgan fingerprint density at radius 2 is 2.00 bits per heavy atom. The average Bonchev–Trinajstić information content (AvgIpc) is 2.81. The van der Waals surface area contributed by atoms with Gasteiger partial charge in [0, 0.05) is 24.2 Å². The van der Waals surface area contributed by atoms with Crippen LogP contribution in [-0.4, -0.2) is 30.6 Å². The number of rotatable bonds is 7. The van der Waals surface area contributed by atoms with Crippen LogP contribution in [0.25, 0.3) is 0 Å². The van der Waals surface area contributed by atoms with Crippen molar-refractivity contribution >= 4 is 0 Å². The van der Waals surface area contributed by atoms with Crippen molar-refractivity contribution in [2.75, 3.05) is 19.6 Å². The molecular weight excluding hydrogens is 200 g/mol. The van der Waals surface area contributed by atoms with Gasteiger partial charge in [0.15, 0.2) is 0 Å². The fraction of sp³-hybridized carbons (Fsp3) is 0.692.